The first-order chi connectivity index (χ1) is 6.66. The van der Waals surface area contributed by atoms with Crippen LogP contribution in [0.1, 0.15) is 26.7 Å². The maximum atomic E-state index is 6.09. The van der Waals surface area contributed by atoms with Crippen LogP contribution in [-0.2, 0) is 9.47 Å². The number of nitrogens with two attached hydrogens (primary N) is 1. The lowest BCUT2D eigenvalue weighted by atomic mass is 9.97. The molecule has 0 amide bonds. The third-order valence-electron chi connectivity index (χ3n) is 2.57. The van der Waals surface area contributed by atoms with Gasteiger partial charge in [-0.15, -0.1) is 0 Å². The molecule has 0 fully saturated rings. The average molecular weight is 199 g/mol. The molecule has 0 saturated heterocycles. The van der Waals surface area contributed by atoms with Gasteiger partial charge >= 0.3 is 0 Å². The Labute approximate surface area is 86.3 Å². The van der Waals surface area contributed by atoms with Gasteiger partial charge in [-0.25, -0.2) is 0 Å². The second-order valence-electron chi connectivity index (χ2n) is 4.07. The Morgan fingerprint density at radius 3 is 2.64 bits per heavy atom. The molecule has 2 N–H and O–H groups in total. The lowest BCUT2D eigenvalue weighted by Crippen LogP contribution is -2.42. The van der Waals surface area contributed by atoms with Crippen molar-refractivity contribution in [3.05, 3.63) is 11.8 Å². The molecule has 2 atom stereocenters. The summed E-state index contributed by atoms with van der Waals surface area (Å²) in [7, 11) is 1.70. The molecule has 0 saturated carbocycles. The summed E-state index contributed by atoms with van der Waals surface area (Å²) < 4.78 is 10.9. The quantitative estimate of drug-likeness (QED) is 0.749. The van der Waals surface area contributed by atoms with E-state index in [0.717, 1.165) is 25.2 Å². The van der Waals surface area contributed by atoms with Crippen molar-refractivity contribution in [2.45, 2.75) is 38.8 Å². The van der Waals surface area contributed by atoms with Crippen molar-refractivity contribution < 1.29 is 9.47 Å². The average Bonchev–Trinajstić information content (AvgIpc) is 2.19. The van der Waals surface area contributed by atoms with E-state index in [1.807, 2.05) is 0 Å². The minimum atomic E-state index is -0.125. The van der Waals surface area contributed by atoms with Crippen molar-refractivity contribution in [2.75, 3.05) is 13.7 Å². The van der Waals surface area contributed by atoms with Crippen LogP contribution in [0.3, 0.4) is 0 Å². The molecule has 1 aliphatic heterocycles. The van der Waals surface area contributed by atoms with Crippen molar-refractivity contribution in [3.8, 4) is 0 Å². The Morgan fingerprint density at radius 2 is 2.21 bits per heavy atom. The van der Waals surface area contributed by atoms with Crippen molar-refractivity contribution in [1.29, 1.82) is 0 Å². The van der Waals surface area contributed by atoms with Crippen LogP contribution in [0.2, 0.25) is 0 Å². The van der Waals surface area contributed by atoms with Gasteiger partial charge < -0.3 is 15.2 Å². The summed E-state index contributed by atoms with van der Waals surface area (Å²) in [5, 5.41) is 0. The Hall–Kier alpha value is -0.540. The topological polar surface area (TPSA) is 44.5 Å². The fourth-order valence-corrected chi connectivity index (χ4v) is 1.80. The summed E-state index contributed by atoms with van der Waals surface area (Å²) in [6.07, 6.45) is 4.29. The van der Waals surface area contributed by atoms with E-state index in [2.05, 4.69) is 19.9 Å². The van der Waals surface area contributed by atoms with E-state index in [0.29, 0.717) is 5.92 Å². The number of methoxy groups -OCH3 is 1. The van der Waals surface area contributed by atoms with Crippen LogP contribution < -0.4 is 5.73 Å². The zero-order valence-corrected chi connectivity index (χ0v) is 9.32. The molecule has 0 aromatic rings. The predicted molar refractivity (Wildman–Crippen MR) is 56.9 cm³/mol. The Bertz CT molecular complexity index is 201. The maximum Gasteiger partial charge on any atom is 0.111 e. The highest BCUT2D eigenvalue weighted by Crippen LogP contribution is 2.19. The van der Waals surface area contributed by atoms with Gasteiger partial charge in [-0.3, -0.25) is 0 Å². The summed E-state index contributed by atoms with van der Waals surface area (Å²) >= 11 is 0. The normalized spacial score (nSPS) is 21.4. The lowest BCUT2D eigenvalue weighted by Gasteiger charge is -2.29. The molecule has 14 heavy (non-hydrogen) atoms. The second-order valence-corrected chi connectivity index (χ2v) is 4.07. The Kier molecular flexibility index (Phi) is 4.42. The van der Waals surface area contributed by atoms with Gasteiger partial charge in [0.1, 0.15) is 5.76 Å². The number of ether oxygens (including phenoxy) is 2. The van der Waals surface area contributed by atoms with Gasteiger partial charge in [-0.2, -0.15) is 0 Å². The van der Waals surface area contributed by atoms with Crippen LogP contribution in [0.25, 0.3) is 0 Å². The molecule has 1 aliphatic rings. The molecule has 0 aromatic heterocycles. The minimum Gasteiger partial charge on any atom is -0.496 e. The standard InChI is InChI=1S/C11H21NO2/c1-8(2)11(13-3)10(12)9-6-4-5-7-14-9/h6,8,10-11H,4-5,7,12H2,1-3H3. The van der Waals surface area contributed by atoms with E-state index < -0.39 is 0 Å². The number of hydrogen-bond donors (Lipinski definition) is 1. The zero-order chi connectivity index (χ0) is 10.6. The molecule has 0 spiro atoms. The van der Waals surface area contributed by atoms with E-state index in [1.54, 1.807) is 7.11 Å². The molecule has 2 unspecified atom stereocenters. The highest BCUT2D eigenvalue weighted by atomic mass is 16.5. The Balaban J connectivity index is 2.61. The Morgan fingerprint density at radius 1 is 1.50 bits per heavy atom. The molecule has 82 valence electrons. The second kappa shape index (κ2) is 5.37. The molecule has 3 heteroatoms. The third-order valence-corrected chi connectivity index (χ3v) is 2.57. The monoisotopic (exact) mass is 199 g/mol. The van der Waals surface area contributed by atoms with Crippen molar-refractivity contribution in [3.63, 3.8) is 0 Å². The largest absolute Gasteiger partial charge is 0.496 e. The van der Waals surface area contributed by atoms with Gasteiger partial charge in [0.15, 0.2) is 0 Å². The van der Waals surface area contributed by atoms with Crippen molar-refractivity contribution >= 4 is 0 Å². The van der Waals surface area contributed by atoms with Gasteiger partial charge in [0.2, 0.25) is 0 Å². The summed E-state index contributed by atoms with van der Waals surface area (Å²) in [6, 6.07) is -0.125. The summed E-state index contributed by atoms with van der Waals surface area (Å²) in [5.74, 6) is 1.30. The van der Waals surface area contributed by atoms with Crippen LogP contribution in [0.4, 0.5) is 0 Å². The summed E-state index contributed by atoms with van der Waals surface area (Å²) in [6.45, 7) is 5.00. The van der Waals surface area contributed by atoms with E-state index in [4.69, 9.17) is 15.2 Å². The molecular formula is C11H21NO2. The van der Waals surface area contributed by atoms with Crippen molar-refractivity contribution in [1.82, 2.24) is 0 Å². The van der Waals surface area contributed by atoms with Crippen LogP contribution in [0, 0.1) is 5.92 Å². The fraction of sp³-hybridized carbons (Fsp3) is 0.818. The van der Waals surface area contributed by atoms with Crippen LogP contribution in [0.15, 0.2) is 11.8 Å². The molecule has 0 bridgehead atoms. The first kappa shape index (κ1) is 11.5. The highest BCUT2D eigenvalue weighted by Gasteiger charge is 2.26. The summed E-state index contributed by atoms with van der Waals surface area (Å²) in [5.41, 5.74) is 6.09. The SMILES string of the molecule is COC(C(C)C)C(N)C1=CCCCO1. The van der Waals surface area contributed by atoms with E-state index >= 15 is 0 Å². The first-order valence-corrected chi connectivity index (χ1v) is 5.28. The number of allylic oxidation sites excluding steroid dienone is 1. The van der Waals surface area contributed by atoms with E-state index in [9.17, 15) is 0 Å². The smallest absolute Gasteiger partial charge is 0.111 e. The summed E-state index contributed by atoms with van der Waals surface area (Å²) in [4.78, 5) is 0. The van der Waals surface area contributed by atoms with Crippen LogP contribution >= 0.6 is 0 Å². The predicted octanol–water partition coefficient (Wildman–Crippen LogP) is 1.68. The minimum absolute atomic E-state index is 0.0411. The van der Waals surface area contributed by atoms with Crippen LogP contribution in [0.5, 0.6) is 0 Å². The molecule has 0 aliphatic carbocycles. The molecule has 3 nitrogen and oxygen atoms in total. The maximum absolute atomic E-state index is 6.09. The third kappa shape index (κ3) is 2.72. The van der Waals surface area contributed by atoms with Crippen LogP contribution in [-0.4, -0.2) is 25.9 Å². The molecule has 1 heterocycles. The molecule has 0 radical (unpaired) electrons. The van der Waals surface area contributed by atoms with E-state index in [1.165, 1.54) is 0 Å². The van der Waals surface area contributed by atoms with Gasteiger partial charge in [-0.05, 0) is 24.8 Å². The zero-order valence-electron chi connectivity index (χ0n) is 9.32. The van der Waals surface area contributed by atoms with Gasteiger partial charge in [0, 0.05) is 7.11 Å². The first-order valence-electron chi connectivity index (χ1n) is 5.28. The highest BCUT2D eigenvalue weighted by molar-refractivity contribution is 5.07. The molecule has 0 aromatic carbocycles. The number of hydrogen-bond acceptors (Lipinski definition) is 3. The number of rotatable bonds is 4. The van der Waals surface area contributed by atoms with Crippen molar-refractivity contribution in [2.24, 2.45) is 11.7 Å². The lowest BCUT2D eigenvalue weighted by molar-refractivity contribution is 0.0319. The molecular weight excluding hydrogens is 178 g/mol. The fourth-order valence-electron chi connectivity index (χ4n) is 1.80. The van der Waals surface area contributed by atoms with Gasteiger partial charge in [0.25, 0.3) is 0 Å². The van der Waals surface area contributed by atoms with Gasteiger partial charge in [-0.1, -0.05) is 13.8 Å². The van der Waals surface area contributed by atoms with Gasteiger partial charge in [0.05, 0.1) is 18.8 Å². The molecule has 1 rings (SSSR count). The van der Waals surface area contributed by atoms with E-state index in [-0.39, 0.29) is 12.1 Å².